The number of fused-ring (bicyclic) bond motifs is 3. The fourth-order valence-corrected chi connectivity index (χ4v) is 5.12. The van der Waals surface area contributed by atoms with Crippen LogP contribution < -0.4 is 4.74 Å². The molecule has 186 valence electrons. The highest BCUT2D eigenvalue weighted by atomic mass is 16.5. The van der Waals surface area contributed by atoms with Crippen molar-refractivity contribution in [3.8, 4) is 34.1 Å². The summed E-state index contributed by atoms with van der Waals surface area (Å²) >= 11 is 0. The number of rotatable bonds is 12. The lowest BCUT2D eigenvalue weighted by atomic mass is 9.84. The molecule has 0 bridgehead atoms. The Morgan fingerprint density at radius 2 is 1.53 bits per heavy atom. The SMILES string of the molecule is CCC1(COCCCCCCOc2ccc(-c3ccc4c(c3)Cc3cc(C#N)ccc3-4)cc2)COC1. The van der Waals surface area contributed by atoms with Crippen molar-refractivity contribution in [3.63, 3.8) is 0 Å². The number of ether oxygens (including phenoxy) is 3. The monoisotopic (exact) mass is 481 g/mol. The zero-order valence-electron chi connectivity index (χ0n) is 21.2. The third-order valence-electron chi connectivity index (χ3n) is 7.62. The van der Waals surface area contributed by atoms with Crippen LogP contribution in [0, 0.1) is 16.7 Å². The summed E-state index contributed by atoms with van der Waals surface area (Å²) in [7, 11) is 0. The van der Waals surface area contributed by atoms with Crippen molar-refractivity contribution >= 4 is 0 Å². The Hall–Kier alpha value is -3.13. The van der Waals surface area contributed by atoms with Crippen LogP contribution in [0.15, 0.2) is 60.7 Å². The van der Waals surface area contributed by atoms with Crippen LogP contribution in [0.4, 0.5) is 0 Å². The van der Waals surface area contributed by atoms with Gasteiger partial charge in [0.1, 0.15) is 5.75 Å². The van der Waals surface area contributed by atoms with Gasteiger partial charge in [0, 0.05) is 12.0 Å². The number of unbranched alkanes of at least 4 members (excludes halogenated alkanes) is 3. The van der Waals surface area contributed by atoms with Crippen molar-refractivity contribution in [2.24, 2.45) is 5.41 Å². The first kappa shape index (κ1) is 24.6. The van der Waals surface area contributed by atoms with Gasteiger partial charge in [0.25, 0.3) is 0 Å². The predicted octanol–water partition coefficient (Wildman–Crippen LogP) is 7.18. The van der Waals surface area contributed by atoms with Crippen molar-refractivity contribution in [2.75, 3.05) is 33.0 Å². The van der Waals surface area contributed by atoms with Crippen LogP contribution in [0.25, 0.3) is 22.3 Å². The highest BCUT2D eigenvalue weighted by molar-refractivity contribution is 5.80. The van der Waals surface area contributed by atoms with Gasteiger partial charge < -0.3 is 14.2 Å². The summed E-state index contributed by atoms with van der Waals surface area (Å²) in [5, 5.41) is 9.19. The van der Waals surface area contributed by atoms with Crippen molar-refractivity contribution in [1.29, 1.82) is 5.26 Å². The molecule has 0 unspecified atom stereocenters. The smallest absolute Gasteiger partial charge is 0.119 e. The average Bonchev–Trinajstić information content (AvgIpc) is 3.26. The second kappa shape index (κ2) is 11.3. The van der Waals surface area contributed by atoms with Crippen molar-refractivity contribution in [2.45, 2.75) is 45.4 Å². The Bertz CT molecular complexity index is 1220. The van der Waals surface area contributed by atoms with Gasteiger partial charge in [-0.1, -0.05) is 49.7 Å². The first-order chi connectivity index (χ1) is 17.7. The molecule has 1 aliphatic carbocycles. The molecule has 0 radical (unpaired) electrons. The maximum absolute atomic E-state index is 9.19. The highest BCUT2D eigenvalue weighted by Gasteiger charge is 2.36. The van der Waals surface area contributed by atoms with E-state index < -0.39 is 0 Å². The largest absolute Gasteiger partial charge is 0.494 e. The summed E-state index contributed by atoms with van der Waals surface area (Å²) in [6, 6.07) is 23.3. The summed E-state index contributed by atoms with van der Waals surface area (Å²) < 4.78 is 17.2. The van der Waals surface area contributed by atoms with Gasteiger partial charge in [0.05, 0.1) is 38.1 Å². The van der Waals surface area contributed by atoms with Crippen LogP contribution in [-0.2, 0) is 15.9 Å². The topological polar surface area (TPSA) is 51.5 Å². The summed E-state index contributed by atoms with van der Waals surface area (Å²) in [6.45, 7) is 6.37. The normalized spacial score (nSPS) is 15.0. The number of nitrogens with zero attached hydrogens (tertiary/aromatic N) is 1. The van der Waals surface area contributed by atoms with Crippen molar-refractivity contribution in [3.05, 3.63) is 77.4 Å². The van der Waals surface area contributed by atoms with Gasteiger partial charge in [-0.2, -0.15) is 5.26 Å². The molecule has 1 fully saturated rings. The van der Waals surface area contributed by atoms with Crippen LogP contribution in [0.2, 0.25) is 0 Å². The quantitative estimate of drug-likeness (QED) is 0.201. The Labute approximate surface area is 214 Å². The average molecular weight is 482 g/mol. The predicted molar refractivity (Wildman–Crippen MR) is 143 cm³/mol. The Morgan fingerprint density at radius 3 is 2.22 bits per heavy atom. The second-order valence-corrected chi connectivity index (χ2v) is 10.2. The van der Waals surface area contributed by atoms with Gasteiger partial charge >= 0.3 is 0 Å². The van der Waals surface area contributed by atoms with E-state index in [-0.39, 0.29) is 0 Å². The van der Waals surface area contributed by atoms with Crippen molar-refractivity contribution in [1.82, 2.24) is 0 Å². The number of hydrogen-bond acceptors (Lipinski definition) is 4. The lowest BCUT2D eigenvalue weighted by Gasteiger charge is -2.40. The van der Waals surface area contributed by atoms with E-state index in [1.807, 2.05) is 12.1 Å². The van der Waals surface area contributed by atoms with Gasteiger partial charge in [-0.05, 0) is 89.8 Å². The van der Waals surface area contributed by atoms with Gasteiger partial charge in [0.15, 0.2) is 0 Å². The fraction of sp³-hybridized carbons (Fsp3) is 0.406. The van der Waals surface area contributed by atoms with Crippen LogP contribution in [0.5, 0.6) is 5.75 Å². The van der Waals surface area contributed by atoms with E-state index in [1.165, 1.54) is 39.8 Å². The molecular formula is C32H35NO3. The fourth-order valence-electron chi connectivity index (χ4n) is 5.12. The van der Waals surface area contributed by atoms with E-state index >= 15 is 0 Å². The second-order valence-electron chi connectivity index (χ2n) is 10.2. The molecule has 0 aromatic heterocycles. The minimum Gasteiger partial charge on any atom is -0.494 e. The number of benzene rings is 3. The zero-order valence-corrected chi connectivity index (χ0v) is 21.2. The molecule has 2 aliphatic rings. The molecule has 3 aromatic rings. The first-order valence-corrected chi connectivity index (χ1v) is 13.2. The molecule has 0 amide bonds. The van der Waals surface area contributed by atoms with E-state index in [1.54, 1.807) is 0 Å². The van der Waals surface area contributed by atoms with E-state index in [2.05, 4.69) is 61.5 Å². The molecule has 3 aromatic carbocycles. The lowest BCUT2D eigenvalue weighted by molar-refractivity contribution is -0.150. The van der Waals surface area contributed by atoms with Gasteiger partial charge in [-0.15, -0.1) is 0 Å². The van der Waals surface area contributed by atoms with Crippen LogP contribution in [0.3, 0.4) is 0 Å². The Morgan fingerprint density at radius 1 is 0.833 bits per heavy atom. The van der Waals surface area contributed by atoms with Gasteiger partial charge in [-0.3, -0.25) is 0 Å². The number of hydrogen-bond donors (Lipinski definition) is 0. The Kier molecular flexibility index (Phi) is 7.70. The third-order valence-corrected chi connectivity index (χ3v) is 7.62. The molecule has 1 saturated heterocycles. The molecular weight excluding hydrogens is 446 g/mol. The molecule has 0 spiro atoms. The molecule has 0 saturated carbocycles. The summed E-state index contributed by atoms with van der Waals surface area (Å²) in [4.78, 5) is 0. The summed E-state index contributed by atoms with van der Waals surface area (Å²) in [5.41, 5.74) is 8.52. The molecule has 4 heteroatoms. The minimum absolute atomic E-state index is 0.291. The van der Waals surface area contributed by atoms with Crippen LogP contribution >= 0.6 is 0 Å². The summed E-state index contributed by atoms with van der Waals surface area (Å²) in [5.74, 6) is 0.923. The van der Waals surface area contributed by atoms with Crippen molar-refractivity contribution < 1.29 is 14.2 Å². The molecule has 36 heavy (non-hydrogen) atoms. The van der Waals surface area contributed by atoms with Crippen LogP contribution in [0.1, 0.15) is 55.7 Å². The van der Waals surface area contributed by atoms with E-state index in [0.717, 1.165) is 76.5 Å². The van der Waals surface area contributed by atoms with E-state index in [4.69, 9.17) is 14.2 Å². The molecule has 1 aliphatic heterocycles. The Balaban J connectivity index is 1.03. The molecule has 1 heterocycles. The highest BCUT2D eigenvalue weighted by Crippen LogP contribution is 2.39. The molecule has 5 rings (SSSR count). The maximum atomic E-state index is 9.19. The number of nitriles is 1. The van der Waals surface area contributed by atoms with E-state index in [9.17, 15) is 5.26 Å². The third kappa shape index (κ3) is 5.48. The molecule has 0 atom stereocenters. The van der Waals surface area contributed by atoms with Crippen LogP contribution in [-0.4, -0.2) is 33.0 Å². The van der Waals surface area contributed by atoms with Gasteiger partial charge in [0.2, 0.25) is 0 Å². The van der Waals surface area contributed by atoms with Gasteiger partial charge in [-0.25, -0.2) is 0 Å². The molecule has 0 N–H and O–H groups in total. The zero-order chi connectivity index (χ0) is 24.8. The standard InChI is InChI=1S/C32H35NO3/c1-2-32(22-35-23-32)21-34-15-5-3-4-6-16-36-29-11-8-25(9-12-29)26-10-14-31-28(18-26)19-27-17-24(20-33)7-13-30(27)31/h7-14,17-18H,2-6,15-16,19,21-23H2,1H3. The molecule has 4 nitrogen and oxygen atoms in total. The summed E-state index contributed by atoms with van der Waals surface area (Å²) in [6.07, 6.45) is 6.54. The maximum Gasteiger partial charge on any atom is 0.119 e. The minimum atomic E-state index is 0.291. The lowest BCUT2D eigenvalue weighted by Crippen LogP contribution is -2.45. The van der Waals surface area contributed by atoms with E-state index in [0.29, 0.717) is 5.41 Å². The first-order valence-electron chi connectivity index (χ1n) is 13.2.